The van der Waals surface area contributed by atoms with Gasteiger partial charge < -0.3 is 5.11 Å². The third kappa shape index (κ3) is 2.03. The zero-order chi connectivity index (χ0) is 10.8. The van der Waals surface area contributed by atoms with Crippen LogP contribution in [-0.4, -0.2) is 15.1 Å². The number of nitrogens with zero attached hydrogens (tertiary/aromatic N) is 2. The summed E-state index contributed by atoms with van der Waals surface area (Å²) in [5.74, 6) is -0.522. The van der Waals surface area contributed by atoms with E-state index in [-0.39, 0.29) is 6.61 Å². The van der Waals surface area contributed by atoms with E-state index in [4.69, 9.17) is 5.11 Å². The molecule has 0 amide bonds. The lowest BCUT2D eigenvalue weighted by atomic mass is 10.3. The summed E-state index contributed by atoms with van der Waals surface area (Å²) in [6.07, 6.45) is 1.40. The molecular weight excluding hydrogens is 215 g/mol. The molecule has 0 aromatic carbocycles. The minimum absolute atomic E-state index is 0.0874. The lowest BCUT2D eigenvalue weighted by Crippen LogP contribution is -1.86. The summed E-state index contributed by atoms with van der Waals surface area (Å²) in [7, 11) is 0. The predicted molar refractivity (Wildman–Crippen MR) is 56.0 cm³/mol. The fourth-order valence-electron chi connectivity index (χ4n) is 1.23. The molecule has 1 N–H and O–H groups in total. The van der Waals surface area contributed by atoms with Crippen LogP contribution in [0.2, 0.25) is 0 Å². The molecule has 0 aliphatic rings. The second-order valence-electron chi connectivity index (χ2n) is 3.05. The van der Waals surface area contributed by atoms with Crippen LogP contribution in [0.25, 0.3) is 10.6 Å². The lowest BCUT2D eigenvalue weighted by Gasteiger charge is -1.94. The van der Waals surface area contributed by atoms with Gasteiger partial charge in [0.25, 0.3) is 0 Å². The molecule has 3 nitrogen and oxygen atoms in total. The van der Waals surface area contributed by atoms with E-state index in [2.05, 4.69) is 9.97 Å². The van der Waals surface area contributed by atoms with Crippen LogP contribution in [0.4, 0.5) is 4.39 Å². The van der Waals surface area contributed by atoms with Gasteiger partial charge in [0.2, 0.25) is 5.95 Å². The maximum Gasteiger partial charge on any atom is 0.213 e. The number of aromatic nitrogens is 2. The van der Waals surface area contributed by atoms with Crippen molar-refractivity contribution in [2.75, 3.05) is 0 Å². The Morgan fingerprint density at radius 3 is 2.93 bits per heavy atom. The molecule has 0 radical (unpaired) electrons. The molecule has 0 saturated heterocycles. The average molecular weight is 224 g/mol. The van der Waals surface area contributed by atoms with Crippen molar-refractivity contribution in [2.24, 2.45) is 0 Å². The molecule has 5 heteroatoms. The molecule has 0 spiro atoms. The Kier molecular flexibility index (Phi) is 2.75. The van der Waals surface area contributed by atoms with Gasteiger partial charge in [-0.3, -0.25) is 0 Å². The molecule has 0 aliphatic heterocycles. The van der Waals surface area contributed by atoms with E-state index in [0.717, 1.165) is 4.88 Å². The van der Waals surface area contributed by atoms with Crippen LogP contribution in [0.15, 0.2) is 18.3 Å². The summed E-state index contributed by atoms with van der Waals surface area (Å²) >= 11 is 1.44. The Morgan fingerprint density at radius 2 is 2.33 bits per heavy atom. The molecule has 15 heavy (non-hydrogen) atoms. The maximum absolute atomic E-state index is 12.9. The number of aliphatic hydroxyl groups excluding tert-OH is 1. The lowest BCUT2D eigenvalue weighted by molar-refractivity contribution is 0.277. The normalized spacial score (nSPS) is 10.6. The van der Waals surface area contributed by atoms with Gasteiger partial charge in [-0.15, -0.1) is 11.3 Å². The summed E-state index contributed by atoms with van der Waals surface area (Å²) in [6, 6.07) is 3.03. The predicted octanol–water partition coefficient (Wildman–Crippen LogP) is 2.14. The Labute approximate surface area is 90.3 Å². The van der Waals surface area contributed by atoms with Crippen molar-refractivity contribution >= 4 is 11.3 Å². The van der Waals surface area contributed by atoms with Gasteiger partial charge in [-0.05, 0) is 13.0 Å². The van der Waals surface area contributed by atoms with E-state index in [1.54, 1.807) is 6.07 Å². The van der Waals surface area contributed by atoms with Gasteiger partial charge in [0.05, 0.1) is 12.3 Å². The van der Waals surface area contributed by atoms with Gasteiger partial charge in [-0.2, -0.15) is 4.39 Å². The first-order valence-electron chi connectivity index (χ1n) is 4.40. The number of pyridine rings is 1. The van der Waals surface area contributed by atoms with Crippen molar-refractivity contribution in [3.05, 3.63) is 34.8 Å². The standard InChI is InChI=1S/C10H9FN2OS/c1-6-8(5-14)13-10(15-6)7-2-3-12-9(11)4-7/h2-4,14H,5H2,1H3. The smallest absolute Gasteiger partial charge is 0.213 e. The molecule has 78 valence electrons. The molecule has 0 bridgehead atoms. The molecule has 0 saturated carbocycles. The third-order valence-corrected chi connectivity index (χ3v) is 3.08. The Hall–Kier alpha value is -1.33. The number of hydrogen-bond acceptors (Lipinski definition) is 4. The SMILES string of the molecule is Cc1sc(-c2ccnc(F)c2)nc1CO. The topological polar surface area (TPSA) is 46.0 Å². The molecule has 0 aliphatic carbocycles. The van der Waals surface area contributed by atoms with E-state index < -0.39 is 5.95 Å². The first-order valence-corrected chi connectivity index (χ1v) is 5.21. The molecule has 0 fully saturated rings. The summed E-state index contributed by atoms with van der Waals surface area (Å²) in [6.45, 7) is 1.79. The van der Waals surface area contributed by atoms with E-state index in [1.165, 1.54) is 23.6 Å². The first-order chi connectivity index (χ1) is 7.20. The molecule has 2 rings (SSSR count). The molecule has 2 aromatic rings. The first kappa shape index (κ1) is 10.2. The maximum atomic E-state index is 12.9. The Morgan fingerprint density at radius 1 is 1.53 bits per heavy atom. The van der Waals surface area contributed by atoms with Crippen molar-refractivity contribution in [1.82, 2.24) is 9.97 Å². The number of thiazole rings is 1. The van der Waals surface area contributed by atoms with Crippen molar-refractivity contribution in [2.45, 2.75) is 13.5 Å². The highest BCUT2D eigenvalue weighted by atomic mass is 32.1. The van der Waals surface area contributed by atoms with Crippen molar-refractivity contribution in [1.29, 1.82) is 0 Å². The summed E-state index contributed by atoms with van der Waals surface area (Å²) in [4.78, 5) is 8.64. The summed E-state index contributed by atoms with van der Waals surface area (Å²) in [5, 5.41) is 9.70. The molecular formula is C10H9FN2OS. The van der Waals surface area contributed by atoms with Crippen LogP contribution in [0.1, 0.15) is 10.6 Å². The van der Waals surface area contributed by atoms with Gasteiger partial charge in [-0.25, -0.2) is 9.97 Å². The monoisotopic (exact) mass is 224 g/mol. The second-order valence-corrected chi connectivity index (χ2v) is 4.25. The fourth-order valence-corrected chi connectivity index (χ4v) is 2.15. The van der Waals surface area contributed by atoms with Crippen LogP contribution >= 0.6 is 11.3 Å². The van der Waals surface area contributed by atoms with E-state index in [9.17, 15) is 4.39 Å². The highest BCUT2D eigenvalue weighted by Crippen LogP contribution is 2.27. The van der Waals surface area contributed by atoms with Crippen LogP contribution in [0, 0.1) is 12.9 Å². The minimum Gasteiger partial charge on any atom is -0.390 e. The minimum atomic E-state index is -0.522. The number of aryl methyl sites for hydroxylation is 1. The number of rotatable bonds is 2. The Bertz CT molecular complexity index is 484. The van der Waals surface area contributed by atoms with E-state index >= 15 is 0 Å². The fraction of sp³-hybridized carbons (Fsp3) is 0.200. The van der Waals surface area contributed by atoms with Crippen LogP contribution < -0.4 is 0 Å². The van der Waals surface area contributed by atoms with E-state index in [0.29, 0.717) is 16.3 Å². The highest BCUT2D eigenvalue weighted by Gasteiger charge is 2.09. The molecule has 0 unspecified atom stereocenters. The number of hydrogen-bond donors (Lipinski definition) is 1. The summed E-state index contributed by atoms with van der Waals surface area (Å²) in [5.41, 5.74) is 1.34. The van der Waals surface area contributed by atoms with Crippen LogP contribution in [-0.2, 0) is 6.61 Å². The largest absolute Gasteiger partial charge is 0.390 e. The van der Waals surface area contributed by atoms with Gasteiger partial charge in [-0.1, -0.05) is 0 Å². The number of aliphatic hydroxyl groups is 1. The number of halogens is 1. The van der Waals surface area contributed by atoms with E-state index in [1.807, 2.05) is 6.92 Å². The van der Waals surface area contributed by atoms with Gasteiger partial charge >= 0.3 is 0 Å². The van der Waals surface area contributed by atoms with Crippen molar-refractivity contribution in [3.8, 4) is 10.6 Å². The Balaban J connectivity index is 2.45. The van der Waals surface area contributed by atoms with Gasteiger partial charge in [0.15, 0.2) is 0 Å². The zero-order valence-electron chi connectivity index (χ0n) is 8.07. The van der Waals surface area contributed by atoms with Crippen molar-refractivity contribution < 1.29 is 9.50 Å². The van der Waals surface area contributed by atoms with Crippen LogP contribution in [0.5, 0.6) is 0 Å². The average Bonchev–Trinajstić information content (AvgIpc) is 2.60. The zero-order valence-corrected chi connectivity index (χ0v) is 8.88. The van der Waals surface area contributed by atoms with Crippen LogP contribution in [0.3, 0.4) is 0 Å². The van der Waals surface area contributed by atoms with Gasteiger partial charge in [0, 0.05) is 22.7 Å². The third-order valence-electron chi connectivity index (χ3n) is 2.02. The molecule has 2 aromatic heterocycles. The highest BCUT2D eigenvalue weighted by molar-refractivity contribution is 7.15. The second kappa shape index (κ2) is 4.04. The molecule has 2 heterocycles. The molecule has 0 atom stereocenters. The van der Waals surface area contributed by atoms with Crippen molar-refractivity contribution in [3.63, 3.8) is 0 Å². The summed E-state index contributed by atoms with van der Waals surface area (Å²) < 4.78 is 12.9. The quantitative estimate of drug-likeness (QED) is 0.795. The van der Waals surface area contributed by atoms with Gasteiger partial charge in [0.1, 0.15) is 5.01 Å².